The quantitative estimate of drug-likeness (QED) is 0.585. The van der Waals surface area contributed by atoms with E-state index in [1.54, 1.807) is 6.20 Å². The molecule has 1 aromatic carbocycles. The molecule has 0 radical (unpaired) electrons. The first-order valence-electron chi connectivity index (χ1n) is 8.49. The molecule has 0 N–H and O–H groups in total. The fraction of sp³-hybridized carbons (Fsp3) is 0.273. The molecule has 0 unspecified atom stereocenters. The Morgan fingerprint density at radius 1 is 0.667 bits per heavy atom. The first-order valence-corrected chi connectivity index (χ1v) is 8.49. The predicted molar refractivity (Wildman–Crippen MR) is 102 cm³/mol. The van der Waals surface area contributed by atoms with Crippen molar-refractivity contribution in [2.45, 2.75) is 39.5 Å². The van der Waals surface area contributed by atoms with Crippen LogP contribution in [0.4, 0.5) is 0 Å². The molecule has 0 amide bonds. The SMILES string of the molecule is CC(C)c1ccc(-c2ccccc2)nc1.CC(C)c1cccnc1. The van der Waals surface area contributed by atoms with Gasteiger partial charge in [0.2, 0.25) is 0 Å². The summed E-state index contributed by atoms with van der Waals surface area (Å²) in [5, 5.41) is 0. The van der Waals surface area contributed by atoms with Gasteiger partial charge in [-0.1, -0.05) is 70.2 Å². The average Bonchev–Trinajstić information content (AvgIpc) is 2.64. The predicted octanol–water partition coefficient (Wildman–Crippen LogP) is 6.08. The molecule has 2 aromatic heterocycles. The number of hydrogen-bond acceptors (Lipinski definition) is 2. The van der Waals surface area contributed by atoms with Gasteiger partial charge in [-0.25, -0.2) is 0 Å². The lowest BCUT2D eigenvalue weighted by Gasteiger charge is -2.05. The first-order chi connectivity index (χ1) is 11.6. The summed E-state index contributed by atoms with van der Waals surface area (Å²) in [5.74, 6) is 1.14. The third-order valence-corrected chi connectivity index (χ3v) is 3.87. The molecule has 0 atom stereocenters. The third kappa shape index (κ3) is 5.31. The Kier molecular flexibility index (Phi) is 6.68. The van der Waals surface area contributed by atoms with Crippen LogP contribution in [0.15, 0.2) is 73.2 Å². The summed E-state index contributed by atoms with van der Waals surface area (Å²) in [6.07, 6.45) is 5.67. The van der Waals surface area contributed by atoms with E-state index in [0.717, 1.165) is 5.69 Å². The molecule has 2 heterocycles. The third-order valence-electron chi connectivity index (χ3n) is 3.87. The minimum absolute atomic E-state index is 0.544. The summed E-state index contributed by atoms with van der Waals surface area (Å²) >= 11 is 0. The molecular weight excluding hydrogens is 292 g/mol. The minimum atomic E-state index is 0.544. The maximum Gasteiger partial charge on any atom is 0.0702 e. The Labute approximate surface area is 145 Å². The van der Waals surface area contributed by atoms with Gasteiger partial charge >= 0.3 is 0 Å². The molecule has 0 saturated carbocycles. The van der Waals surface area contributed by atoms with Crippen LogP contribution in [-0.2, 0) is 0 Å². The van der Waals surface area contributed by atoms with Gasteiger partial charge in [-0.2, -0.15) is 0 Å². The molecule has 0 aliphatic rings. The number of pyridine rings is 2. The molecule has 2 heteroatoms. The van der Waals surface area contributed by atoms with Gasteiger partial charge in [-0.3, -0.25) is 9.97 Å². The molecule has 2 nitrogen and oxygen atoms in total. The maximum atomic E-state index is 4.47. The van der Waals surface area contributed by atoms with E-state index < -0.39 is 0 Å². The largest absolute Gasteiger partial charge is 0.264 e. The molecule has 0 aliphatic heterocycles. The van der Waals surface area contributed by atoms with E-state index in [1.165, 1.54) is 16.7 Å². The Morgan fingerprint density at radius 3 is 1.79 bits per heavy atom. The molecule has 0 saturated heterocycles. The number of nitrogens with zero attached hydrogens (tertiary/aromatic N) is 2. The average molecular weight is 318 g/mol. The highest BCUT2D eigenvalue weighted by Gasteiger charge is 2.01. The smallest absolute Gasteiger partial charge is 0.0702 e. The van der Waals surface area contributed by atoms with Crippen LogP contribution in [0.2, 0.25) is 0 Å². The van der Waals surface area contributed by atoms with Crippen molar-refractivity contribution in [3.05, 3.63) is 84.3 Å². The van der Waals surface area contributed by atoms with Crippen LogP contribution in [0.3, 0.4) is 0 Å². The molecule has 124 valence electrons. The van der Waals surface area contributed by atoms with Crippen LogP contribution in [0, 0.1) is 0 Å². The number of benzene rings is 1. The van der Waals surface area contributed by atoms with Crippen LogP contribution in [0.1, 0.15) is 50.7 Å². The molecule has 0 aliphatic carbocycles. The lowest BCUT2D eigenvalue weighted by Crippen LogP contribution is -1.89. The van der Waals surface area contributed by atoms with Crippen molar-refractivity contribution in [1.82, 2.24) is 9.97 Å². The summed E-state index contributed by atoms with van der Waals surface area (Å²) in [7, 11) is 0. The summed E-state index contributed by atoms with van der Waals surface area (Å²) in [6, 6.07) is 18.6. The van der Waals surface area contributed by atoms with E-state index in [4.69, 9.17) is 0 Å². The number of hydrogen-bond donors (Lipinski definition) is 0. The van der Waals surface area contributed by atoms with Crippen LogP contribution in [0.25, 0.3) is 11.3 Å². The second-order valence-electron chi connectivity index (χ2n) is 6.44. The van der Waals surface area contributed by atoms with E-state index in [2.05, 4.69) is 68.0 Å². The van der Waals surface area contributed by atoms with Crippen molar-refractivity contribution in [1.29, 1.82) is 0 Å². The Hall–Kier alpha value is -2.48. The van der Waals surface area contributed by atoms with Gasteiger partial charge in [0.15, 0.2) is 0 Å². The van der Waals surface area contributed by atoms with Crippen LogP contribution < -0.4 is 0 Å². The van der Waals surface area contributed by atoms with E-state index in [9.17, 15) is 0 Å². The first kappa shape index (κ1) is 17.9. The maximum absolute atomic E-state index is 4.47. The molecule has 3 aromatic rings. The van der Waals surface area contributed by atoms with E-state index in [-0.39, 0.29) is 0 Å². The van der Waals surface area contributed by atoms with E-state index in [0.29, 0.717) is 11.8 Å². The fourth-order valence-electron chi connectivity index (χ4n) is 2.24. The standard InChI is InChI=1S/C14H15N.C8H11N/c1-11(2)13-8-9-14(15-10-13)12-6-4-3-5-7-12;1-7(2)8-4-3-5-9-6-8/h3-11H,1-2H3;3-7H,1-2H3. The Balaban J connectivity index is 0.000000198. The van der Waals surface area contributed by atoms with Crippen LogP contribution >= 0.6 is 0 Å². The Bertz CT molecular complexity index is 702. The summed E-state index contributed by atoms with van der Waals surface area (Å²) in [4.78, 5) is 8.48. The zero-order valence-corrected chi connectivity index (χ0v) is 15.0. The van der Waals surface area contributed by atoms with Crippen molar-refractivity contribution in [2.75, 3.05) is 0 Å². The van der Waals surface area contributed by atoms with Crippen molar-refractivity contribution in [3.8, 4) is 11.3 Å². The highest BCUT2D eigenvalue weighted by atomic mass is 14.7. The van der Waals surface area contributed by atoms with Crippen molar-refractivity contribution in [3.63, 3.8) is 0 Å². The van der Waals surface area contributed by atoms with Gasteiger partial charge in [0, 0.05) is 24.2 Å². The van der Waals surface area contributed by atoms with Gasteiger partial charge in [0.25, 0.3) is 0 Å². The molecule has 3 rings (SSSR count). The summed E-state index contributed by atoms with van der Waals surface area (Å²) < 4.78 is 0. The summed E-state index contributed by atoms with van der Waals surface area (Å²) in [5.41, 5.74) is 4.81. The fourth-order valence-corrected chi connectivity index (χ4v) is 2.24. The second-order valence-corrected chi connectivity index (χ2v) is 6.44. The topological polar surface area (TPSA) is 25.8 Å². The molecular formula is C22H26N2. The zero-order valence-electron chi connectivity index (χ0n) is 15.0. The number of aromatic nitrogens is 2. The molecule has 24 heavy (non-hydrogen) atoms. The van der Waals surface area contributed by atoms with E-state index in [1.807, 2.05) is 36.7 Å². The minimum Gasteiger partial charge on any atom is -0.264 e. The summed E-state index contributed by atoms with van der Waals surface area (Å²) in [6.45, 7) is 8.69. The lowest BCUT2D eigenvalue weighted by molar-refractivity contribution is 0.858. The van der Waals surface area contributed by atoms with Crippen molar-refractivity contribution >= 4 is 0 Å². The second kappa shape index (κ2) is 8.97. The van der Waals surface area contributed by atoms with Crippen molar-refractivity contribution < 1.29 is 0 Å². The normalized spacial score (nSPS) is 10.4. The Morgan fingerprint density at radius 2 is 1.33 bits per heavy atom. The van der Waals surface area contributed by atoms with Gasteiger partial charge in [0.1, 0.15) is 0 Å². The van der Waals surface area contributed by atoms with Crippen LogP contribution in [-0.4, -0.2) is 9.97 Å². The molecule has 0 bridgehead atoms. The molecule has 0 spiro atoms. The zero-order chi connectivity index (χ0) is 17.4. The lowest BCUT2D eigenvalue weighted by atomic mass is 10.0. The highest BCUT2D eigenvalue weighted by molar-refractivity contribution is 5.58. The van der Waals surface area contributed by atoms with Gasteiger partial charge in [-0.15, -0.1) is 0 Å². The van der Waals surface area contributed by atoms with E-state index >= 15 is 0 Å². The number of rotatable bonds is 3. The van der Waals surface area contributed by atoms with Gasteiger partial charge < -0.3 is 0 Å². The van der Waals surface area contributed by atoms with Gasteiger partial charge in [-0.05, 0) is 35.1 Å². The van der Waals surface area contributed by atoms with Gasteiger partial charge in [0.05, 0.1) is 5.69 Å². The van der Waals surface area contributed by atoms with Crippen LogP contribution in [0.5, 0.6) is 0 Å². The monoisotopic (exact) mass is 318 g/mol. The highest BCUT2D eigenvalue weighted by Crippen LogP contribution is 2.19. The van der Waals surface area contributed by atoms with Crippen molar-refractivity contribution in [2.24, 2.45) is 0 Å². The molecule has 0 fully saturated rings.